The number of benzene rings is 1. The zero-order chi connectivity index (χ0) is 11.7. The van der Waals surface area contributed by atoms with Gasteiger partial charge in [-0.2, -0.15) is 0 Å². The Bertz CT molecular complexity index is 422. The van der Waals surface area contributed by atoms with E-state index in [1.807, 2.05) is 23.1 Å². The van der Waals surface area contributed by atoms with Crippen LogP contribution in [0.15, 0.2) is 27.1 Å². The lowest BCUT2D eigenvalue weighted by molar-refractivity contribution is -0.117. The van der Waals surface area contributed by atoms with Gasteiger partial charge in [-0.15, -0.1) is 0 Å². The molecule has 2 rings (SSSR count). The van der Waals surface area contributed by atoms with Gasteiger partial charge in [-0.1, -0.05) is 31.9 Å². The molecule has 1 heterocycles. The second kappa shape index (κ2) is 5.19. The van der Waals surface area contributed by atoms with Gasteiger partial charge in [0.05, 0.1) is 5.69 Å². The van der Waals surface area contributed by atoms with Crippen LogP contribution in [-0.4, -0.2) is 17.8 Å². The summed E-state index contributed by atoms with van der Waals surface area (Å²) in [6, 6.07) is 5.88. The quantitative estimate of drug-likeness (QED) is 0.674. The SMILES string of the molecule is O=C1CC(CBr)CN1c1cc(Br)ccc1Br. The Labute approximate surface area is 120 Å². The van der Waals surface area contributed by atoms with Gasteiger partial charge in [0.1, 0.15) is 0 Å². The number of rotatable bonds is 2. The minimum Gasteiger partial charge on any atom is -0.311 e. The fourth-order valence-electron chi connectivity index (χ4n) is 1.81. The Kier molecular flexibility index (Phi) is 4.08. The maximum absolute atomic E-state index is 11.9. The summed E-state index contributed by atoms with van der Waals surface area (Å²) in [5.41, 5.74) is 0.947. The number of carbonyl (C=O) groups excluding carboxylic acids is 1. The highest BCUT2D eigenvalue weighted by Crippen LogP contribution is 2.34. The number of halogens is 3. The van der Waals surface area contributed by atoms with Crippen LogP contribution in [0.4, 0.5) is 5.69 Å². The number of amides is 1. The van der Waals surface area contributed by atoms with Crippen LogP contribution in [0.1, 0.15) is 6.42 Å². The third-order valence-corrected chi connectivity index (χ3v) is 4.70. The summed E-state index contributed by atoms with van der Waals surface area (Å²) in [5, 5.41) is 0.876. The summed E-state index contributed by atoms with van der Waals surface area (Å²) < 4.78 is 1.94. The van der Waals surface area contributed by atoms with Crippen molar-refractivity contribution in [2.75, 3.05) is 16.8 Å². The molecule has 2 nitrogen and oxygen atoms in total. The van der Waals surface area contributed by atoms with Crippen LogP contribution in [0, 0.1) is 5.92 Å². The van der Waals surface area contributed by atoms with Crippen LogP contribution in [0.25, 0.3) is 0 Å². The molecule has 1 aliphatic rings. The van der Waals surface area contributed by atoms with Gasteiger partial charge in [-0.25, -0.2) is 0 Å². The lowest BCUT2D eigenvalue weighted by atomic mass is 10.2. The third kappa shape index (κ3) is 2.51. The summed E-state index contributed by atoms with van der Waals surface area (Å²) >= 11 is 10.3. The van der Waals surface area contributed by atoms with Crippen molar-refractivity contribution in [2.24, 2.45) is 5.92 Å². The Balaban J connectivity index is 2.30. The molecule has 0 aromatic heterocycles. The number of nitrogens with zero attached hydrogens (tertiary/aromatic N) is 1. The van der Waals surface area contributed by atoms with Crippen molar-refractivity contribution in [2.45, 2.75) is 6.42 Å². The van der Waals surface area contributed by atoms with Crippen molar-refractivity contribution >= 4 is 59.4 Å². The van der Waals surface area contributed by atoms with Crippen LogP contribution in [0.2, 0.25) is 0 Å². The van der Waals surface area contributed by atoms with E-state index in [0.29, 0.717) is 12.3 Å². The first-order valence-electron chi connectivity index (χ1n) is 4.93. The number of hydrogen-bond acceptors (Lipinski definition) is 1. The second-order valence-electron chi connectivity index (χ2n) is 3.82. The van der Waals surface area contributed by atoms with Crippen molar-refractivity contribution in [3.63, 3.8) is 0 Å². The van der Waals surface area contributed by atoms with Crippen molar-refractivity contribution < 1.29 is 4.79 Å². The Morgan fingerprint density at radius 1 is 1.38 bits per heavy atom. The van der Waals surface area contributed by atoms with E-state index in [0.717, 1.165) is 26.5 Å². The van der Waals surface area contributed by atoms with Gasteiger partial charge in [0, 0.05) is 27.2 Å². The predicted molar refractivity (Wildman–Crippen MR) is 76.1 cm³/mol. The van der Waals surface area contributed by atoms with Crippen molar-refractivity contribution in [1.29, 1.82) is 0 Å². The van der Waals surface area contributed by atoms with Gasteiger partial charge in [0.25, 0.3) is 0 Å². The average molecular weight is 412 g/mol. The zero-order valence-corrected chi connectivity index (χ0v) is 13.2. The van der Waals surface area contributed by atoms with Crippen LogP contribution in [0.3, 0.4) is 0 Å². The molecule has 1 aromatic carbocycles. The maximum Gasteiger partial charge on any atom is 0.227 e. The first kappa shape index (κ1) is 12.6. The number of hydrogen-bond donors (Lipinski definition) is 0. The van der Waals surface area contributed by atoms with E-state index in [4.69, 9.17) is 0 Å². The highest BCUT2D eigenvalue weighted by Gasteiger charge is 2.30. The largest absolute Gasteiger partial charge is 0.311 e. The molecule has 1 unspecified atom stereocenters. The topological polar surface area (TPSA) is 20.3 Å². The molecule has 1 aliphatic heterocycles. The smallest absolute Gasteiger partial charge is 0.227 e. The molecule has 1 aromatic rings. The van der Waals surface area contributed by atoms with E-state index in [2.05, 4.69) is 47.8 Å². The first-order chi connectivity index (χ1) is 7.61. The van der Waals surface area contributed by atoms with E-state index in [9.17, 15) is 4.79 Å². The molecule has 1 atom stereocenters. The molecular weight excluding hydrogens is 402 g/mol. The summed E-state index contributed by atoms with van der Waals surface area (Å²) in [6.45, 7) is 0.791. The zero-order valence-electron chi connectivity index (χ0n) is 8.42. The molecule has 0 radical (unpaired) electrons. The van der Waals surface area contributed by atoms with Crippen molar-refractivity contribution in [1.82, 2.24) is 0 Å². The molecule has 86 valence electrons. The van der Waals surface area contributed by atoms with Crippen molar-refractivity contribution in [3.05, 3.63) is 27.1 Å². The Morgan fingerprint density at radius 3 is 2.75 bits per heavy atom. The van der Waals surface area contributed by atoms with E-state index in [1.165, 1.54) is 0 Å². The standard InChI is InChI=1S/C11H10Br3NO/c12-5-7-3-11(16)15(6-7)10-4-8(13)1-2-9(10)14/h1-2,4,7H,3,5-6H2. The molecule has 16 heavy (non-hydrogen) atoms. The van der Waals surface area contributed by atoms with Gasteiger partial charge in [0.15, 0.2) is 0 Å². The molecule has 0 saturated carbocycles. The van der Waals surface area contributed by atoms with E-state index >= 15 is 0 Å². The molecule has 0 N–H and O–H groups in total. The lowest BCUT2D eigenvalue weighted by Gasteiger charge is -2.18. The molecule has 0 bridgehead atoms. The molecular formula is C11H10Br3NO. The van der Waals surface area contributed by atoms with Crippen LogP contribution in [0.5, 0.6) is 0 Å². The highest BCUT2D eigenvalue weighted by molar-refractivity contribution is 9.11. The van der Waals surface area contributed by atoms with Crippen molar-refractivity contribution in [3.8, 4) is 0 Å². The summed E-state index contributed by atoms with van der Waals surface area (Å²) in [7, 11) is 0. The fraction of sp³-hybridized carbons (Fsp3) is 0.364. The summed E-state index contributed by atoms with van der Waals surface area (Å²) in [6.07, 6.45) is 0.629. The molecule has 1 saturated heterocycles. The average Bonchev–Trinajstić information content (AvgIpc) is 2.63. The first-order valence-corrected chi connectivity index (χ1v) is 7.64. The summed E-state index contributed by atoms with van der Waals surface area (Å²) in [4.78, 5) is 13.7. The molecule has 1 amide bonds. The maximum atomic E-state index is 11.9. The Hall–Kier alpha value is 0.130. The van der Waals surface area contributed by atoms with Gasteiger partial charge < -0.3 is 4.90 Å². The third-order valence-electron chi connectivity index (χ3n) is 2.62. The fourth-order valence-corrected chi connectivity index (χ4v) is 3.05. The molecule has 1 fully saturated rings. The summed E-state index contributed by atoms with van der Waals surface area (Å²) in [5.74, 6) is 0.613. The molecule has 5 heteroatoms. The number of anilines is 1. The van der Waals surface area contributed by atoms with E-state index < -0.39 is 0 Å². The van der Waals surface area contributed by atoms with E-state index in [-0.39, 0.29) is 5.91 Å². The minimum absolute atomic E-state index is 0.197. The lowest BCUT2D eigenvalue weighted by Crippen LogP contribution is -2.25. The van der Waals surface area contributed by atoms with Crippen LogP contribution >= 0.6 is 47.8 Å². The van der Waals surface area contributed by atoms with Crippen LogP contribution in [-0.2, 0) is 4.79 Å². The van der Waals surface area contributed by atoms with Crippen LogP contribution < -0.4 is 4.90 Å². The van der Waals surface area contributed by atoms with Gasteiger partial charge in [0.2, 0.25) is 5.91 Å². The second-order valence-corrected chi connectivity index (χ2v) is 6.24. The number of carbonyl (C=O) groups is 1. The minimum atomic E-state index is 0.197. The monoisotopic (exact) mass is 409 g/mol. The van der Waals surface area contributed by atoms with Gasteiger partial charge in [-0.3, -0.25) is 4.79 Å². The Morgan fingerprint density at radius 2 is 2.12 bits per heavy atom. The predicted octanol–water partition coefficient (Wildman–Crippen LogP) is 3.96. The van der Waals surface area contributed by atoms with Gasteiger partial charge in [-0.05, 0) is 40.0 Å². The van der Waals surface area contributed by atoms with E-state index in [1.54, 1.807) is 0 Å². The number of alkyl halides is 1. The normalized spacial score (nSPS) is 20.6. The van der Waals surface area contributed by atoms with Gasteiger partial charge >= 0.3 is 0 Å². The molecule has 0 spiro atoms. The molecule has 0 aliphatic carbocycles. The highest BCUT2D eigenvalue weighted by atomic mass is 79.9.